The van der Waals surface area contributed by atoms with E-state index >= 15 is 0 Å². The van der Waals surface area contributed by atoms with Crippen LogP contribution >= 0.6 is 11.6 Å². The number of halogens is 1. The molecule has 0 radical (unpaired) electrons. The maximum Gasteiger partial charge on any atom is 0.250 e. The summed E-state index contributed by atoms with van der Waals surface area (Å²) in [6, 6.07) is 0. The van der Waals surface area contributed by atoms with Crippen molar-refractivity contribution in [3.05, 3.63) is 0 Å². The molecule has 0 aliphatic carbocycles. The first-order valence-corrected chi connectivity index (χ1v) is 17.3. The van der Waals surface area contributed by atoms with E-state index in [1.807, 2.05) is 0 Å². The molecule has 0 aromatic rings. The van der Waals surface area contributed by atoms with Crippen LogP contribution in [0.2, 0.25) is 0 Å². The smallest absolute Gasteiger partial charge is 0.250 e. The minimum Gasteiger partial charge on any atom is -0.369 e. The third kappa shape index (κ3) is 27.3. The van der Waals surface area contributed by atoms with Gasteiger partial charge in [-0.15, -0.1) is 0 Å². The van der Waals surface area contributed by atoms with E-state index in [1.54, 1.807) is 0 Å². The minimum atomic E-state index is -0.402. The van der Waals surface area contributed by atoms with Crippen molar-refractivity contribution in [1.29, 1.82) is 0 Å². The van der Waals surface area contributed by atoms with Gasteiger partial charge in [0.15, 0.2) is 0 Å². The summed E-state index contributed by atoms with van der Waals surface area (Å²) in [5.74, 6) is 0.581. The molecule has 0 saturated heterocycles. The summed E-state index contributed by atoms with van der Waals surface area (Å²) in [5, 5.41) is -0.290. The Hall–Kier alpha value is -0.0800. The van der Waals surface area contributed by atoms with Crippen molar-refractivity contribution in [3.63, 3.8) is 0 Å². The Morgan fingerprint density at radius 1 is 0.486 bits per heavy atom. The Balaban J connectivity index is 4.21. The lowest BCUT2D eigenvalue weighted by molar-refractivity contribution is -0.124. The first-order valence-electron chi connectivity index (χ1n) is 17.0. The van der Waals surface area contributed by atoms with Crippen LogP contribution in [-0.4, -0.2) is 18.0 Å². The monoisotopic (exact) mass is 542 g/mol. The van der Waals surface area contributed by atoms with Gasteiger partial charge >= 0.3 is 0 Å². The maximum atomic E-state index is 12.1. The summed E-state index contributed by atoms with van der Waals surface area (Å²) in [6.45, 7) is 7.55. The second kappa shape index (κ2) is 30.5. The quantitative estimate of drug-likeness (QED) is 0.0642. The number of carbonyl (C=O) groups excluding carboxylic acids is 1. The van der Waals surface area contributed by atoms with E-state index in [0.29, 0.717) is 12.5 Å². The summed E-state index contributed by atoms with van der Waals surface area (Å²) < 4.78 is 6.18. The van der Waals surface area contributed by atoms with Gasteiger partial charge < -0.3 is 4.74 Å². The fraction of sp³-hybridized carbons (Fsp3) is 0.971. The first-order chi connectivity index (χ1) is 18.2. The van der Waals surface area contributed by atoms with Crippen LogP contribution in [-0.2, 0) is 9.53 Å². The Kier molecular flexibility index (Phi) is 30.4. The van der Waals surface area contributed by atoms with Crippen LogP contribution < -0.4 is 0 Å². The SMILES string of the molecule is CCCCCCCCCCCCC(OCC(CCCCCCCC)CCCCCCCCCC)C(=O)Cl. The molecule has 2 nitrogen and oxygen atoms in total. The van der Waals surface area contributed by atoms with Crippen LogP contribution in [0.5, 0.6) is 0 Å². The van der Waals surface area contributed by atoms with E-state index in [-0.39, 0.29) is 5.24 Å². The van der Waals surface area contributed by atoms with E-state index in [1.165, 1.54) is 161 Å². The molecular weight excluding hydrogens is 476 g/mol. The van der Waals surface area contributed by atoms with Gasteiger partial charge in [0.1, 0.15) is 6.10 Å². The molecule has 2 atom stereocenters. The van der Waals surface area contributed by atoms with Gasteiger partial charge in [-0.2, -0.15) is 0 Å². The Bertz CT molecular complexity index is 453. The second-order valence-corrected chi connectivity index (χ2v) is 12.2. The summed E-state index contributed by atoms with van der Waals surface area (Å²) in [4.78, 5) is 12.1. The van der Waals surface area contributed by atoms with E-state index in [0.717, 1.165) is 12.8 Å². The van der Waals surface area contributed by atoms with Crippen molar-refractivity contribution in [2.75, 3.05) is 6.61 Å². The zero-order chi connectivity index (χ0) is 27.2. The minimum absolute atomic E-state index is 0.290. The molecule has 0 saturated carbocycles. The highest BCUT2D eigenvalue weighted by molar-refractivity contribution is 6.64. The molecule has 0 amide bonds. The Morgan fingerprint density at radius 2 is 0.784 bits per heavy atom. The van der Waals surface area contributed by atoms with Gasteiger partial charge in [-0.1, -0.05) is 175 Å². The number of hydrogen-bond donors (Lipinski definition) is 0. The normalized spacial score (nSPS) is 13.2. The molecule has 2 unspecified atom stereocenters. The molecule has 0 aromatic heterocycles. The summed E-state index contributed by atoms with van der Waals surface area (Å²) >= 11 is 5.96. The molecule has 37 heavy (non-hydrogen) atoms. The molecule has 0 heterocycles. The van der Waals surface area contributed by atoms with Gasteiger partial charge in [0, 0.05) is 0 Å². The standard InChI is InChI=1S/C34H67ClO2/c1-4-7-10-13-16-18-19-21-24-27-30-33(34(35)36)37-31-32(28-25-22-15-12-9-6-3)29-26-23-20-17-14-11-8-5-2/h32-33H,4-31H2,1-3H3. The third-order valence-corrected chi connectivity index (χ3v) is 8.28. The largest absolute Gasteiger partial charge is 0.369 e. The molecule has 0 aliphatic rings. The topological polar surface area (TPSA) is 26.3 Å². The first kappa shape index (κ1) is 36.9. The fourth-order valence-corrected chi connectivity index (χ4v) is 5.60. The lowest BCUT2D eigenvalue weighted by Crippen LogP contribution is -2.24. The number of ether oxygens (including phenoxy) is 1. The zero-order valence-electron chi connectivity index (χ0n) is 25.6. The molecular formula is C34H67ClO2. The van der Waals surface area contributed by atoms with E-state index in [2.05, 4.69) is 20.8 Å². The molecule has 0 fully saturated rings. The molecule has 222 valence electrons. The molecule has 0 N–H and O–H groups in total. The van der Waals surface area contributed by atoms with Crippen molar-refractivity contribution in [2.24, 2.45) is 5.92 Å². The van der Waals surface area contributed by atoms with Crippen molar-refractivity contribution in [1.82, 2.24) is 0 Å². The van der Waals surface area contributed by atoms with Crippen LogP contribution in [0.1, 0.15) is 194 Å². The highest BCUT2D eigenvalue weighted by Gasteiger charge is 2.19. The molecule has 0 aromatic carbocycles. The van der Waals surface area contributed by atoms with Gasteiger partial charge in [-0.3, -0.25) is 4.79 Å². The van der Waals surface area contributed by atoms with E-state index < -0.39 is 6.10 Å². The molecule has 3 heteroatoms. The van der Waals surface area contributed by atoms with Gasteiger partial charge in [-0.05, 0) is 36.8 Å². The van der Waals surface area contributed by atoms with Gasteiger partial charge in [0.25, 0.3) is 0 Å². The average Bonchev–Trinajstić information content (AvgIpc) is 2.89. The predicted molar refractivity (Wildman–Crippen MR) is 166 cm³/mol. The van der Waals surface area contributed by atoms with Crippen molar-refractivity contribution in [3.8, 4) is 0 Å². The summed E-state index contributed by atoms with van der Waals surface area (Å²) in [5.41, 5.74) is 0. The van der Waals surface area contributed by atoms with Crippen LogP contribution in [0.3, 0.4) is 0 Å². The molecule has 0 spiro atoms. The lowest BCUT2D eigenvalue weighted by atomic mass is 9.94. The summed E-state index contributed by atoms with van der Waals surface area (Å²) in [7, 11) is 0. The fourth-order valence-electron chi connectivity index (χ4n) is 5.42. The maximum absolute atomic E-state index is 12.1. The average molecular weight is 543 g/mol. The van der Waals surface area contributed by atoms with Crippen LogP contribution in [0.4, 0.5) is 0 Å². The summed E-state index contributed by atoms with van der Waals surface area (Å²) in [6.07, 6.45) is 34.9. The Morgan fingerprint density at radius 3 is 1.11 bits per heavy atom. The lowest BCUT2D eigenvalue weighted by Gasteiger charge is -2.21. The van der Waals surface area contributed by atoms with Crippen molar-refractivity contribution >= 4 is 16.8 Å². The van der Waals surface area contributed by atoms with Crippen LogP contribution in [0.15, 0.2) is 0 Å². The number of unbranched alkanes of at least 4 members (excludes halogenated alkanes) is 21. The molecule has 0 rings (SSSR count). The highest BCUT2D eigenvalue weighted by atomic mass is 35.5. The third-order valence-electron chi connectivity index (χ3n) is 8.04. The van der Waals surface area contributed by atoms with Crippen LogP contribution in [0, 0.1) is 5.92 Å². The van der Waals surface area contributed by atoms with E-state index in [9.17, 15) is 4.79 Å². The molecule has 0 aliphatic heterocycles. The van der Waals surface area contributed by atoms with Crippen molar-refractivity contribution in [2.45, 2.75) is 200 Å². The highest BCUT2D eigenvalue weighted by Crippen LogP contribution is 2.22. The van der Waals surface area contributed by atoms with Gasteiger partial charge in [-0.25, -0.2) is 0 Å². The van der Waals surface area contributed by atoms with E-state index in [4.69, 9.17) is 16.3 Å². The second-order valence-electron chi connectivity index (χ2n) is 11.8. The molecule has 0 bridgehead atoms. The Labute approximate surface area is 238 Å². The van der Waals surface area contributed by atoms with Crippen molar-refractivity contribution < 1.29 is 9.53 Å². The zero-order valence-corrected chi connectivity index (χ0v) is 26.4. The van der Waals surface area contributed by atoms with Gasteiger partial charge in [0.05, 0.1) is 6.61 Å². The van der Waals surface area contributed by atoms with Crippen LogP contribution in [0.25, 0.3) is 0 Å². The number of carbonyl (C=O) groups is 1. The predicted octanol–water partition coefficient (Wildman–Crippen LogP) is 12.3. The van der Waals surface area contributed by atoms with Gasteiger partial charge in [0.2, 0.25) is 5.24 Å². The number of rotatable bonds is 31. The number of hydrogen-bond acceptors (Lipinski definition) is 2.